The summed E-state index contributed by atoms with van der Waals surface area (Å²) < 4.78 is 68.3. The van der Waals surface area contributed by atoms with E-state index in [1.165, 1.54) is 6.20 Å². The lowest BCUT2D eigenvalue weighted by Gasteiger charge is -2.43. The number of carboxylic acid groups (broad SMARTS) is 1. The van der Waals surface area contributed by atoms with Gasteiger partial charge in [-0.3, -0.25) is 4.90 Å². The number of anilines is 1. The van der Waals surface area contributed by atoms with Gasteiger partial charge in [-0.05, 0) is 31.6 Å². The smallest absolute Gasteiger partial charge is 0.391 e. The molecule has 1 aliphatic carbocycles. The molecular formula is C18H24F5N3O3S. The van der Waals surface area contributed by atoms with E-state index in [-0.39, 0.29) is 30.2 Å². The molecule has 30 heavy (non-hydrogen) atoms. The molecule has 2 aliphatic rings. The minimum atomic E-state index is -4.14. The van der Waals surface area contributed by atoms with E-state index in [0.29, 0.717) is 44.2 Å². The van der Waals surface area contributed by atoms with Gasteiger partial charge in [0.05, 0.1) is 24.8 Å². The summed E-state index contributed by atoms with van der Waals surface area (Å²) in [4.78, 5) is 19.1. The fourth-order valence-electron chi connectivity index (χ4n) is 4.20. The van der Waals surface area contributed by atoms with Crippen LogP contribution in [-0.4, -0.2) is 72.6 Å². The normalized spacial score (nSPS) is 26.3. The van der Waals surface area contributed by atoms with Crippen LogP contribution >= 0.6 is 11.3 Å². The molecule has 12 heteroatoms. The van der Waals surface area contributed by atoms with Crippen molar-refractivity contribution < 1.29 is 36.6 Å². The highest BCUT2D eigenvalue weighted by molar-refractivity contribution is 7.17. The van der Waals surface area contributed by atoms with E-state index in [2.05, 4.69) is 14.6 Å². The summed E-state index contributed by atoms with van der Waals surface area (Å²) in [5, 5.41) is 9.51. The maximum atomic E-state index is 12.9. The van der Waals surface area contributed by atoms with E-state index >= 15 is 0 Å². The van der Waals surface area contributed by atoms with Gasteiger partial charge in [0.1, 0.15) is 4.88 Å². The van der Waals surface area contributed by atoms with Crippen molar-refractivity contribution in [1.82, 2.24) is 9.88 Å². The van der Waals surface area contributed by atoms with Crippen molar-refractivity contribution in [2.45, 2.75) is 44.5 Å². The quantitative estimate of drug-likeness (QED) is 0.626. The molecule has 1 atom stereocenters. The van der Waals surface area contributed by atoms with Crippen LogP contribution in [0.25, 0.3) is 0 Å². The summed E-state index contributed by atoms with van der Waals surface area (Å²) in [6, 6.07) is -0.452. The number of aromatic nitrogens is 1. The third-order valence-corrected chi connectivity index (χ3v) is 6.78. The van der Waals surface area contributed by atoms with Crippen LogP contribution in [0.5, 0.6) is 0 Å². The maximum Gasteiger partial charge on any atom is 0.391 e. The molecular weight excluding hydrogens is 433 g/mol. The summed E-state index contributed by atoms with van der Waals surface area (Å²) in [6.45, 7) is -1.13. The van der Waals surface area contributed by atoms with E-state index in [4.69, 9.17) is 5.11 Å². The number of hydrogen-bond acceptors (Lipinski definition) is 6. The number of rotatable bonds is 7. The number of ether oxygens (including phenoxy) is 1. The fraction of sp³-hybridized carbons (Fsp3) is 0.778. The van der Waals surface area contributed by atoms with Gasteiger partial charge in [-0.15, -0.1) is 0 Å². The molecule has 0 amide bonds. The topological polar surface area (TPSA) is 65.9 Å². The first-order valence-corrected chi connectivity index (χ1v) is 10.6. The zero-order chi connectivity index (χ0) is 21.9. The molecule has 0 radical (unpaired) electrons. The van der Waals surface area contributed by atoms with Crippen molar-refractivity contribution in [2.24, 2.45) is 11.8 Å². The van der Waals surface area contributed by atoms with E-state index < -0.39 is 30.7 Å². The predicted molar refractivity (Wildman–Crippen MR) is 100 cm³/mol. The Kier molecular flexibility index (Phi) is 7.51. The van der Waals surface area contributed by atoms with Crippen molar-refractivity contribution in [2.75, 3.05) is 37.7 Å². The fourth-order valence-corrected chi connectivity index (χ4v) is 5.05. The molecule has 0 spiro atoms. The highest BCUT2D eigenvalue weighted by Crippen LogP contribution is 2.40. The molecule has 0 bridgehead atoms. The Morgan fingerprint density at radius 2 is 1.97 bits per heavy atom. The Labute approximate surface area is 174 Å². The molecule has 1 saturated heterocycles. The van der Waals surface area contributed by atoms with Crippen LogP contribution in [0.3, 0.4) is 0 Å². The second-order valence-electron chi connectivity index (χ2n) is 7.77. The number of aromatic carboxylic acids is 1. The number of halogens is 5. The SMILES string of the molecule is O=C(O)c1cnc(N2CCN(CC3CCC(C(F)(F)F)CC3)C[C@H]2COC(F)F)s1. The molecule has 2 fully saturated rings. The second kappa shape index (κ2) is 9.73. The van der Waals surface area contributed by atoms with Gasteiger partial charge in [0.25, 0.3) is 0 Å². The van der Waals surface area contributed by atoms with Crippen LogP contribution < -0.4 is 4.90 Å². The van der Waals surface area contributed by atoms with Gasteiger partial charge in [-0.2, -0.15) is 22.0 Å². The summed E-state index contributed by atoms with van der Waals surface area (Å²) in [5.41, 5.74) is 0. The standard InChI is InChI=1S/C18H24F5N3O3S/c19-16(20)29-10-13-9-25(8-11-1-3-12(4-2-11)18(21,22)23)5-6-26(13)17-24-7-14(30-17)15(27)28/h7,11-13,16H,1-6,8-10H2,(H,27,28)/t11?,12?,13-/m0/s1. The third-order valence-electron chi connectivity index (χ3n) is 5.76. The minimum absolute atomic E-state index is 0.0578. The van der Waals surface area contributed by atoms with E-state index in [1.807, 2.05) is 0 Å². The number of piperazine rings is 1. The molecule has 170 valence electrons. The van der Waals surface area contributed by atoms with Crippen molar-refractivity contribution >= 4 is 22.4 Å². The van der Waals surface area contributed by atoms with Crippen molar-refractivity contribution in [3.8, 4) is 0 Å². The zero-order valence-corrected chi connectivity index (χ0v) is 17.0. The molecule has 0 aromatic carbocycles. The van der Waals surface area contributed by atoms with E-state index in [9.17, 15) is 26.7 Å². The van der Waals surface area contributed by atoms with Gasteiger partial charge in [-0.1, -0.05) is 11.3 Å². The van der Waals surface area contributed by atoms with Crippen molar-refractivity contribution in [3.63, 3.8) is 0 Å². The zero-order valence-electron chi connectivity index (χ0n) is 16.2. The average Bonchev–Trinajstić information content (AvgIpc) is 3.16. The largest absolute Gasteiger partial charge is 0.477 e. The van der Waals surface area contributed by atoms with Crippen molar-refractivity contribution in [1.29, 1.82) is 0 Å². The van der Waals surface area contributed by atoms with Crippen molar-refractivity contribution in [3.05, 3.63) is 11.1 Å². The predicted octanol–water partition coefficient (Wildman–Crippen LogP) is 3.94. The van der Waals surface area contributed by atoms with Gasteiger partial charge in [0, 0.05) is 26.2 Å². The van der Waals surface area contributed by atoms with Gasteiger partial charge in [0.15, 0.2) is 5.13 Å². The molecule has 1 saturated carbocycles. The van der Waals surface area contributed by atoms with Crippen LogP contribution in [0.15, 0.2) is 6.20 Å². The third kappa shape index (κ3) is 6.01. The second-order valence-corrected chi connectivity index (χ2v) is 8.78. The summed E-state index contributed by atoms with van der Waals surface area (Å²) in [7, 11) is 0. The minimum Gasteiger partial charge on any atom is -0.477 e. The van der Waals surface area contributed by atoms with Crippen LogP contribution in [0.1, 0.15) is 35.4 Å². The molecule has 1 aromatic rings. The lowest BCUT2D eigenvalue weighted by atomic mass is 9.81. The molecule has 1 aromatic heterocycles. The first-order chi connectivity index (χ1) is 14.1. The Morgan fingerprint density at radius 3 is 2.53 bits per heavy atom. The number of nitrogens with zero attached hydrogens (tertiary/aromatic N) is 3. The van der Waals surface area contributed by atoms with Crippen LogP contribution in [-0.2, 0) is 4.74 Å². The number of carbonyl (C=O) groups is 1. The number of hydrogen-bond donors (Lipinski definition) is 1. The number of thiazole rings is 1. The van der Waals surface area contributed by atoms with Crippen LogP contribution in [0.2, 0.25) is 0 Å². The summed E-state index contributed by atoms with van der Waals surface area (Å²) >= 11 is 0.972. The van der Waals surface area contributed by atoms with E-state index in [1.54, 1.807) is 4.90 Å². The Balaban J connectivity index is 1.59. The first kappa shape index (κ1) is 23.1. The average molecular weight is 457 g/mol. The van der Waals surface area contributed by atoms with Gasteiger partial charge in [0.2, 0.25) is 0 Å². The summed E-state index contributed by atoms with van der Waals surface area (Å²) in [6.07, 6.45) is -1.66. The molecule has 3 rings (SSSR count). The Bertz CT molecular complexity index is 709. The van der Waals surface area contributed by atoms with Crippen LogP contribution in [0, 0.1) is 11.8 Å². The monoisotopic (exact) mass is 457 g/mol. The molecule has 1 aliphatic heterocycles. The number of alkyl halides is 5. The lowest BCUT2D eigenvalue weighted by molar-refractivity contribution is -0.184. The molecule has 2 heterocycles. The van der Waals surface area contributed by atoms with Gasteiger partial charge < -0.3 is 14.7 Å². The summed E-state index contributed by atoms with van der Waals surface area (Å²) in [5.74, 6) is -2.19. The van der Waals surface area contributed by atoms with Crippen LogP contribution in [0.4, 0.5) is 27.1 Å². The van der Waals surface area contributed by atoms with E-state index in [0.717, 1.165) is 11.3 Å². The van der Waals surface area contributed by atoms with Gasteiger partial charge >= 0.3 is 18.8 Å². The lowest BCUT2D eigenvalue weighted by Crippen LogP contribution is -2.56. The molecule has 1 N–H and O–H groups in total. The van der Waals surface area contributed by atoms with Gasteiger partial charge in [-0.25, -0.2) is 9.78 Å². The Hall–Kier alpha value is -1.53. The highest BCUT2D eigenvalue weighted by Gasteiger charge is 2.42. The maximum absolute atomic E-state index is 12.9. The molecule has 0 unspecified atom stereocenters. The first-order valence-electron chi connectivity index (χ1n) is 9.78. The molecule has 6 nitrogen and oxygen atoms in total. The Morgan fingerprint density at radius 1 is 1.27 bits per heavy atom. The number of carboxylic acids is 1. The highest BCUT2D eigenvalue weighted by atomic mass is 32.1.